The minimum atomic E-state index is 0.351. The molecule has 4 nitrogen and oxygen atoms in total. The highest BCUT2D eigenvalue weighted by molar-refractivity contribution is 5.46. The Kier molecular flexibility index (Phi) is 5.62. The van der Waals surface area contributed by atoms with Crippen LogP contribution in [0, 0.1) is 0 Å². The molecule has 1 aliphatic rings. The van der Waals surface area contributed by atoms with Gasteiger partial charge in [0.1, 0.15) is 0 Å². The van der Waals surface area contributed by atoms with Crippen LogP contribution >= 0.6 is 0 Å². The summed E-state index contributed by atoms with van der Waals surface area (Å²) in [4.78, 5) is 7.02. The Balaban J connectivity index is 2.03. The van der Waals surface area contributed by atoms with E-state index in [4.69, 9.17) is 5.73 Å². The molecule has 1 saturated heterocycles. The molecule has 1 aromatic rings. The zero-order valence-electron chi connectivity index (χ0n) is 13.9. The van der Waals surface area contributed by atoms with Crippen molar-refractivity contribution >= 4 is 5.69 Å². The Morgan fingerprint density at radius 3 is 2.10 bits per heavy atom. The highest BCUT2D eigenvalue weighted by Gasteiger charge is 2.26. The van der Waals surface area contributed by atoms with Gasteiger partial charge < -0.3 is 15.5 Å². The van der Waals surface area contributed by atoms with Crippen molar-refractivity contribution < 1.29 is 0 Å². The Bertz CT molecular complexity index is 419. The molecule has 0 aromatic heterocycles. The van der Waals surface area contributed by atoms with Crippen LogP contribution in [0.5, 0.6) is 0 Å². The fourth-order valence-corrected chi connectivity index (χ4v) is 3.20. The molecule has 0 bridgehead atoms. The first kappa shape index (κ1) is 16.3. The number of nitrogens with zero attached hydrogens (tertiary/aromatic N) is 3. The van der Waals surface area contributed by atoms with Crippen LogP contribution in [0.2, 0.25) is 0 Å². The molecule has 0 radical (unpaired) electrons. The number of piperidine rings is 1. The summed E-state index contributed by atoms with van der Waals surface area (Å²) < 4.78 is 0. The SMILES string of the molecule is CN(C)c1ccc(C(CN)N2CCC(N(C)C)CC2)cc1. The molecule has 1 atom stereocenters. The summed E-state index contributed by atoms with van der Waals surface area (Å²) in [5, 5.41) is 0. The van der Waals surface area contributed by atoms with Crippen molar-refractivity contribution in [3.05, 3.63) is 29.8 Å². The normalized spacial score (nSPS) is 19.0. The monoisotopic (exact) mass is 290 g/mol. The lowest BCUT2D eigenvalue weighted by Gasteiger charge is -2.39. The zero-order chi connectivity index (χ0) is 15.4. The van der Waals surface area contributed by atoms with E-state index >= 15 is 0 Å². The van der Waals surface area contributed by atoms with Crippen molar-refractivity contribution in [2.24, 2.45) is 5.73 Å². The Morgan fingerprint density at radius 2 is 1.67 bits per heavy atom. The van der Waals surface area contributed by atoms with E-state index in [1.165, 1.54) is 24.1 Å². The summed E-state index contributed by atoms with van der Waals surface area (Å²) in [5.41, 5.74) is 8.64. The first-order valence-corrected chi connectivity index (χ1v) is 7.90. The van der Waals surface area contributed by atoms with Gasteiger partial charge in [0.25, 0.3) is 0 Å². The second kappa shape index (κ2) is 7.25. The van der Waals surface area contributed by atoms with E-state index in [1.807, 2.05) is 0 Å². The Labute approximate surface area is 129 Å². The van der Waals surface area contributed by atoms with Crippen LogP contribution in [0.25, 0.3) is 0 Å². The molecular formula is C17H30N4. The molecule has 2 N–H and O–H groups in total. The van der Waals surface area contributed by atoms with E-state index in [-0.39, 0.29) is 0 Å². The van der Waals surface area contributed by atoms with Crippen molar-refractivity contribution in [1.29, 1.82) is 0 Å². The van der Waals surface area contributed by atoms with Gasteiger partial charge in [-0.2, -0.15) is 0 Å². The number of likely N-dealkylation sites (tertiary alicyclic amines) is 1. The largest absolute Gasteiger partial charge is 0.378 e. The molecule has 0 amide bonds. The van der Waals surface area contributed by atoms with Gasteiger partial charge in [-0.25, -0.2) is 0 Å². The molecule has 0 aliphatic carbocycles. The summed E-state index contributed by atoms with van der Waals surface area (Å²) >= 11 is 0. The lowest BCUT2D eigenvalue weighted by atomic mass is 9.98. The third kappa shape index (κ3) is 3.96. The van der Waals surface area contributed by atoms with Crippen molar-refractivity contribution in [3.63, 3.8) is 0 Å². The van der Waals surface area contributed by atoms with E-state index in [2.05, 4.69) is 67.2 Å². The highest BCUT2D eigenvalue weighted by atomic mass is 15.2. The second-order valence-electron chi connectivity index (χ2n) is 6.47. The fraction of sp³-hybridized carbons (Fsp3) is 0.647. The van der Waals surface area contributed by atoms with Gasteiger partial charge in [0.2, 0.25) is 0 Å². The van der Waals surface area contributed by atoms with Gasteiger partial charge in [-0.05, 0) is 44.6 Å². The van der Waals surface area contributed by atoms with Gasteiger partial charge in [0.15, 0.2) is 0 Å². The summed E-state index contributed by atoms with van der Waals surface area (Å²) in [6.07, 6.45) is 2.47. The average Bonchev–Trinajstić information content (AvgIpc) is 2.49. The maximum absolute atomic E-state index is 6.07. The van der Waals surface area contributed by atoms with Gasteiger partial charge in [-0.15, -0.1) is 0 Å². The fourth-order valence-electron chi connectivity index (χ4n) is 3.20. The molecule has 1 unspecified atom stereocenters. The van der Waals surface area contributed by atoms with E-state index in [0.717, 1.165) is 19.1 Å². The molecule has 1 heterocycles. The average molecular weight is 290 g/mol. The Morgan fingerprint density at radius 1 is 1.10 bits per heavy atom. The van der Waals surface area contributed by atoms with Crippen molar-refractivity contribution in [2.75, 3.05) is 52.7 Å². The van der Waals surface area contributed by atoms with Crippen LogP contribution in [0.4, 0.5) is 5.69 Å². The van der Waals surface area contributed by atoms with Gasteiger partial charge in [-0.3, -0.25) is 4.90 Å². The molecule has 0 saturated carbocycles. The summed E-state index contributed by atoms with van der Waals surface area (Å²) in [7, 11) is 8.50. The van der Waals surface area contributed by atoms with Crippen LogP contribution in [0.15, 0.2) is 24.3 Å². The van der Waals surface area contributed by atoms with Crippen molar-refractivity contribution in [3.8, 4) is 0 Å². The predicted octanol–water partition coefficient (Wildman–Crippen LogP) is 1.78. The van der Waals surface area contributed by atoms with E-state index in [9.17, 15) is 0 Å². The minimum absolute atomic E-state index is 0.351. The molecule has 0 spiro atoms. The third-order valence-electron chi connectivity index (χ3n) is 4.69. The lowest BCUT2D eigenvalue weighted by Crippen LogP contribution is -2.45. The Hall–Kier alpha value is -1.10. The highest BCUT2D eigenvalue weighted by Crippen LogP contribution is 2.26. The lowest BCUT2D eigenvalue weighted by molar-refractivity contribution is 0.111. The summed E-state index contributed by atoms with van der Waals surface area (Å²) in [5.74, 6) is 0. The number of nitrogens with two attached hydrogens (primary N) is 1. The molecule has 4 heteroatoms. The molecule has 1 aromatic carbocycles. The van der Waals surface area contributed by atoms with Crippen LogP contribution in [-0.4, -0.2) is 63.7 Å². The molecule has 1 fully saturated rings. The number of anilines is 1. The van der Waals surface area contributed by atoms with Crippen molar-refractivity contribution in [1.82, 2.24) is 9.80 Å². The smallest absolute Gasteiger partial charge is 0.0470 e. The number of benzene rings is 1. The standard InChI is InChI=1S/C17H30N4/c1-19(2)15-7-5-14(6-8-15)17(13-18)21-11-9-16(10-12-21)20(3)4/h5-8,16-17H,9-13,18H2,1-4H3. The van der Waals surface area contributed by atoms with Gasteiger partial charge in [0.05, 0.1) is 0 Å². The first-order valence-electron chi connectivity index (χ1n) is 7.90. The molecule has 118 valence electrons. The third-order valence-corrected chi connectivity index (χ3v) is 4.69. The van der Waals surface area contributed by atoms with Gasteiger partial charge >= 0.3 is 0 Å². The number of hydrogen-bond donors (Lipinski definition) is 1. The molecule has 1 aliphatic heterocycles. The van der Waals surface area contributed by atoms with Crippen LogP contribution in [0.1, 0.15) is 24.4 Å². The second-order valence-corrected chi connectivity index (χ2v) is 6.47. The summed E-state index contributed by atoms with van der Waals surface area (Å²) in [6, 6.07) is 9.89. The first-order chi connectivity index (χ1) is 10.0. The zero-order valence-corrected chi connectivity index (χ0v) is 13.9. The van der Waals surface area contributed by atoms with Crippen LogP contribution in [-0.2, 0) is 0 Å². The van der Waals surface area contributed by atoms with E-state index in [1.54, 1.807) is 0 Å². The van der Waals surface area contributed by atoms with Gasteiger partial charge in [0, 0.05) is 51.5 Å². The number of hydrogen-bond acceptors (Lipinski definition) is 4. The van der Waals surface area contributed by atoms with E-state index in [0.29, 0.717) is 12.6 Å². The van der Waals surface area contributed by atoms with Crippen molar-refractivity contribution in [2.45, 2.75) is 24.9 Å². The quantitative estimate of drug-likeness (QED) is 0.897. The predicted molar refractivity (Wildman–Crippen MR) is 90.8 cm³/mol. The molecule has 21 heavy (non-hydrogen) atoms. The maximum Gasteiger partial charge on any atom is 0.0470 e. The van der Waals surface area contributed by atoms with E-state index < -0.39 is 0 Å². The van der Waals surface area contributed by atoms with Crippen LogP contribution in [0.3, 0.4) is 0 Å². The number of rotatable bonds is 5. The summed E-state index contributed by atoms with van der Waals surface area (Å²) in [6.45, 7) is 2.97. The van der Waals surface area contributed by atoms with Crippen LogP contribution < -0.4 is 10.6 Å². The van der Waals surface area contributed by atoms with Gasteiger partial charge in [-0.1, -0.05) is 12.1 Å². The molecule has 2 rings (SSSR count). The molecular weight excluding hydrogens is 260 g/mol. The minimum Gasteiger partial charge on any atom is -0.378 e. The maximum atomic E-state index is 6.07. The topological polar surface area (TPSA) is 35.7 Å².